The minimum Gasteiger partial charge on any atom is -0.383 e. The van der Waals surface area contributed by atoms with Crippen molar-refractivity contribution in [3.8, 4) is 12.1 Å². The molecule has 0 spiro atoms. The number of benzene rings is 2. The van der Waals surface area contributed by atoms with E-state index in [1.165, 1.54) is 6.20 Å². The van der Waals surface area contributed by atoms with Gasteiger partial charge >= 0.3 is 0 Å². The van der Waals surface area contributed by atoms with Crippen molar-refractivity contribution >= 4 is 33.9 Å². The number of hydrogen-bond acceptors (Lipinski definition) is 8. The summed E-state index contributed by atoms with van der Waals surface area (Å²) >= 11 is 6.17. The molecule has 1 aliphatic heterocycles. The van der Waals surface area contributed by atoms with Crippen LogP contribution in [0.15, 0.2) is 54.5 Å². The van der Waals surface area contributed by atoms with Gasteiger partial charge in [0.05, 0.1) is 34.1 Å². The molecule has 2 aromatic carbocycles. The highest BCUT2D eigenvalue weighted by atomic mass is 35.5. The van der Waals surface area contributed by atoms with Gasteiger partial charge in [0.25, 0.3) is 0 Å². The fourth-order valence-electron chi connectivity index (χ4n) is 4.30. The van der Waals surface area contributed by atoms with Crippen molar-refractivity contribution in [2.45, 2.75) is 45.7 Å². The first-order chi connectivity index (χ1) is 17.8. The van der Waals surface area contributed by atoms with Gasteiger partial charge in [-0.3, -0.25) is 9.99 Å². The summed E-state index contributed by atoms with van der Waals surface area (Å²) in [6.45, 7) is 7.04. The number of fused-ring (bicyclic) bond motifs is 1. The third-order valence-electron chi connectivity index (χ3n) is 6.38. The fourth-order valence-corrected chi connectivity index (χ4v) is 4.43. The van der Waals surface area contributed by atoms with Crippen molar-refractivity contribution in [1.82, 2.24) is 21.0 Å². The van der Waals surface area contributed by atoms with Gasteiger partial charge in [0, 0.05) is 41.1 Å². The minimum atomic E-state index is -0.240. The van der Waals surface area contributed by atoms with Crippen molar-refractivity contribution < 1.29 is 0 Å². The minimum absolute atomic E-state index is 0.00301. The Morgan fingerprint density at radius 2 is 1.86 bits per heavy atom. The Balaban J connectivity index is 1.58. The molecule has 8 nitrogen and oxygen atoms in total. The molecule has 1 aromatic heterocycles. The summed E-state index contributed by atoms with van der Waals surface area (Å²) in [7, 11) is 0. The number of halogens is 1. The smallest absolute Gasteiger partial charge is 0.103 e. The standard InChI is InChI=1S/C28H29ClN8/c1-28(2,3)16-33-26-19(13-31)14-32-25-18(12-30)10-21(11-23(25)26)34-27(17-4-6-20(29)7-5-17)24-15-37(36-35-24)22-8-9-22/h4-7,10-11,14-15,22,27,34-36H,8-9,16H2,1-3H3,(H,32,33)/t27-/m0/s1. The Morgan fingerprint density at radius 1 is 1.14 bits per heavy atom. The first-order valence-corrected chi connectivity index (χ1v) is 12.7. The van der Waals surface area contributed by atoms with Crippen LogP contribution in [0, 0.1) is 28.1 Å². The van der Waals surface area contributed by atoms with Gasteiger partial charge in [-0.15, -0.1) is 5.53 Å². The van der Waals surface area contributed by atoms with E-state index in [9.17, 15) is 10.5 Å². The van der Waals surface area contributed by atoms with Gasteiger partial charge in [-0.1, -0.05) is 44.5 Å². The lowest BCUT2D eigenvalue weighted by Gasteiger charge is -2.23. The zero-order chi connectivity index (χ0) is 26.2. The zero-order valence-electron chi connectivity index (χ0n) is 21.1. The predicted molar refractivity (Wildman–Crippen MR) is 146 cm³/mol. The van der Waals surface area contributed by atoms with Gasteiger partial charge in [-0.25, -0.2) is 0 Å². The van der Waals surface area contributed by atoms with Crippen LogP contribution in [-0.4, -0.2) is 22.6 Å². The Bertz CT molecular complexity index is 1440. The van der Waals surface area contributed by atoms with Crippen LogP contribution in [0.4, 0.5) is 11.4 Å². The summed E-state index contributed by atoms with van der Waals surface area (Å²) in [6, 6.07) is 16.3. The predicted octanol–water partition coefficient (Wildman–Crippen LogP) is 5.57. The highest BCUT2D eigenvalue weighted by Crippen LogP contribution is 2.35. The van der Waals surface area contributed by atoms with Crippen LogP contribution < -0.4 is 21.6 Å². The van der Waals surface area contributed by atoms with Crippen molar-refractivity contribution in [2.24, 2.45) is 5.41 Å². The molecule has 0 radical (unpaired) electrons. The molecule has 1 saturated carbocycles. The van der Waals surface area contributed by atoms with Crippen LogP contribution in [0.3, 0.4) is 0 Å². The second kappa shape index (κ2) is 9.82. The third kappa shape index (κ3) is 5.41. The van der Waals surface area contributed by atoms with Crippen LogP contribution in [0.2, 0.25) is 5.02 Å². The zero-order valence-corrected chi connectivity index (χ0v) is 21.8. The van der Waals surface area contributed by atoms with Gasteiger partial charge in [0.2, 0.25) is 0 Å². The number of pyridine rings is 1. The molecule has 5 rings (SSSR count). The van der Waals surface area contributed by atoms with E-state index in [-0.39, 0.29) is 11.5 Å². The quantitative estimate of drug-likeness (QED) is 0.325. The molecule has 1 aliphatic carbocycles. The second-order valence-corrected chi connectivity index (χ2v) is 11.1. The van der Waals surface area contributed by atoms with Crippen molar-refractivity contribution in [3.63, 3.8) is 0 Å². The Morgan fingerprint density at radius 3 is 2.51 bits per heavy atom. The van der Waals surface area contributed by atoms with Gasteiger partial charge in [0.1, 0.15) is 12.1 Å². The normalized spacial score (nSPS) is 15.9. The fraction of sp³-hybridized carbons (Fsp3) is 0.321. The Hall–Kier alpha value is -3.98. The number of aromatic nitrogens is 1. The molecule has 2 heterocycles. The van der Waals surface area contributed by atoms with Gasteiger partial charge in [-0.05, 0) is 48.1 Å². The SMILES string of the molecule is CC(C)(C)CNc1c(C#N)cnc2c(C#N)cc(N[C@H](C3=CN(C4CC4)NN3)c3ccc(Cl)cc3)cc12. The average Bonchev–Trinajstić information content (AvgIpc) is 3.62. The monoisotopic (exact) mass is 512 g/mol. The number of hydrazine groups is 2. The number of rotatable bonds is 7. The van der Waals surface area contributed by atoms with Crippen LogP contribution in [-0.2, 0) is 0 Å². The van der Waals surface area contributed by atoms with Crippen LogP contribution in [0.5, 0.6) is 0 Å². The molecule has 0 saturated heterocycles. The lowest BCUT2D eigenvalue weighted by atomic mass is 9.96. The molecule has 0 unspecified atom stereocenters. The number of nitriles is 2. The molecule has 1 atom stereocenters. The molecular weight excluding hydrogens is 484 g/mol. The van der Waals surface area contributed by atoms with E-state index in [1.807, 2.05) is 30.3 Å². The third-order valence-corrected chi connectivity index (χ3v) is 6.63. The molecule has 4 N–H and O–H groups in total. The molecule has 2 aliphatic rings. The van der Waals surface area contributed by atoms with Crippen LogP contribution in [0.25, 0.3) is 10.9 Å². The largest absolute Gasteiger partial charge is 0.383 e. The number of hydrogen-bond donors (Lipinski definition) is 4. The van der Waals surface area contributed by atoms with E-state index in [4.69, 9.17) is 11.6 Å². The number of anilines is 2. The summed E-state index contributed by atoms with van der Waals surface area (Å²) in [5, 5.41) is 30.3. The summed E-state index contributed by atoms with van der Waals surface area (Å²) in [5.74, 6) is 0. The van der Waals surface area contributed by atoms with Crippen LogP contribution >= 0.6 is 11.6 Å². The summed E-state index contributed by atoms with van der Waals surface area (Å²) in [4.78, 5) is 4.46. The lowest BCUT2D eigenvalue weighted by Crippen LogP contribution is -2.38. The summed E-state index contributed by atoms with van der Waals surface area (Å²) < 4.78 is 0. The van der Waals surface area contributed by atoms with E-state index < -0.39 is 0 Å². The maximum Gasteiger partial charge on any atom is 0.103 e. The number of nitrogens with one attached hydrogen (secondary N) is 4. The molecule has 0 amide bonds. The summed E-state index contributed by atoms with van der Waals surface area (Å²) in [6.07, 6.45) is 5.93. The highest BCUT2D eigenvalue weighted by Gasteiger charge is 2.32. The van der Waals surface area contributed by atoms with Gasteiger partial charge < -0.3 is 16.1 Å². The molecule has 37 heavy (non-hydrogen) atoms. The summed E-state index contributed by atoms with van der Waals surface area (Å²) in [5.41, 5.74) is 11.4. The Labute approximate surface area is 221 Å². The van der Waals surface area contributed by atoms with E-state index in [0.29, 0.717) is 39.9 Å². The van der Waals surface area contributed by atoms with Crippen molar-refractivity contribution in [2.75, 3.05) is 17.2 Å². The molecule has 1 fully saturated rings. The van der Waals surface area contributed by atoms with E-state index >= 15 is 0 Å². The lowest BCUT2D eigenvalue weighted by molar-refractivity contribution is 0.260. The van der Waals surface area contributed by atoms with Gasteiger partial charge in [0.15, 0.2) is 0 Å². The van der Waals surface area contributed by atoms with Gasteiger partial charge in [-0.2, -0.15) is 10.5 Å². The van der Waals surface area contributed by atoms with E-state index in [2.05, 4.69) is 70.7 Å². The molecule has 0 bridgehead atoms. The Kier molecular flexibility index (Phi) is 6.55. The van der Waals surface area contributed by atoms with E-state index in [0.717, 1.165) is 35.2 Å². The molecule has 3 aromatic rings. The molecule has 188 valence electrons. The maximum atomic E-state index is 9.97. The maximum absolute atomic E-state index is 9.97. The number of nitrogens with zero attached hydrogens (tertiary/aromatic N) is 4. The van der Waals surface area contributed by atoms with Crippen molar-refractivity contribution in [3.05, 3.63) is 76.2 Å². The highest BCUT2D eigenvalue weighted by molar-refractivity contribution is 6.30. The second-order valence-electron chi connectivity index (χ2n) is 10.7. The van der Waals surface area contributed by atoms with E-state index in [1.54, 1.807) is 6.07 Å². The van der Waals surface area contributed by atoms with Crippen molar-refractivity contribution in [1.29, 1.82) is 10.5 Å². The average molecular weight is 513 g/mol. The first-order valence-electron chi connectivity index (χ1n) is 12.3. The first kappa shape index (κ1) is 24.7. The molecular formula is C28H29ClN8. The molecule has 9 heteroatoms. The van der Waals surface area contributed by atoms with Crippen LogP contribution in [0.1, 0.15) is 56.3 Å². The topological polar surface area (TPSA) is 112 Å².